The van der Waals surface area contributed by atoms with E-state index in [1.165, 1.54) is 11.1 Å². The van der Waals surface area contributed by atoms with Crippen molar-refractivity contribution in [2.24, 2.45) is 0 Å². The van der Waals surface area contributed by atoms with Gasteiger partial charge in [0.05, 0.1) is 0 Å². The fourth-order valence-electron chi connectivity index (χ4n) is 3.09. The Bertz CT molecular complexity index is 581. The van der Waals surface area contributed by atoms with E-state index in [1.54, 1.807) is 0 Å². The van der Waals surface area contributed by atoms with Crippen LogP contribution in [0.3, 0.4) is 0 Å². The lowest BCUT2D eigenvalue weighted by molar-refractivity contribution is 0.157. The maximum Gasteiger partial charge on any atom is 0.124 e. The summed E-state index contributed by atoms with van der Waals surface area (Å²) >= 11 is 0. The lowest BCUT2D eigenvalue weighted by Crippen LogP contribution is -2.33. The van der Waals surface area contributed by atoms with Crippen molar-refractivity contribution >= 4 is 0 Å². The first-order valence-corrected chi connectivity index (χ1v) is 7.74. The lowest BCUT2D eigenvalue weighted by atomic mass is 10.0. The van der Waals surface area contributed by atoms with Crippen LogP contribution in [0.4, 0.5) is 0 Å². The quantitative estimate of drug-likeness (QED) is 0.840. The standard InChI is InChI=1S/C19H23NO/c1-15(17-8-4-3-5-9-17)12-20-13-16(2)21-19-11-7-6-10-18(19)14-20/h3-11,15-16H,12-14H2,1-2H3/t15-,16-/m1/s1. The molecular weight excluding hydrogens is 258 g/mol. The summed E-state index contributed by atoms with van der Waals surface area (Å²) in [6.07, 6.45) is 0.233. The number of hydrogen-bond donors (Lipinski definition) is 0. The molecule has 0 aromatic heterocycles. The second-order valence-corrected chi connectivity index (χ2v) is 6.04. The molecule has 0 bridgehead atoms. The zero-order valence-corrected chi connectivity index (χ0v) is 12.8. The predicted molar refractivity (Wildman–Crippen MR) is 86.7 cm³/mol. The average molecular weight is 281 g/mol. The van der Waals surface area contributed by atoms with Gasteiger partial charge in [0.25, 0.3) is 0 Å². The third-order valence-electron chi connectivity index (χ3n) is 4.11. The van der Waals surface area contributed by atoms with Gasteiger partial charge >= 0.3 is 0 Å². The van der Waals surface area contributed by atoms with Gasteiger partial charge in [-0.05, 0) is 24.5 Å². The van der Waals surface area contributed by atoms with Crippen LogP contribution in [-0.2, 0) is 6.54 Å². The topological polar surface area (TPSA) is 12.5 Å². The Morgan fingerprint density at radius 1 is 1.10 bits per heavy atom. The predicted octanol–water partition coefficient (Wildman–Crippen LogP) is 4.07. The van der Waals surface area contributed by atoms with Crippen LogP contribution in [-0.4, -0.2) is 24.1 Å². The van der Waals surface area contributed by atoms with Crippen molar-refractivity contribution in [3.05, 3.63) is 65.7 Å². The smallest absolute Gasteiger partial charge is 0.124 e. The molecule has 1 aliphatic rings. The first-order valence-electron chi connectivity index (χ1n) is 7.74. The van der Waals surface area contributed by atoms with E-state index in [1.807, 2.05) is 6.07 Å². The normalized spacial score (nSPS) is 20.2. The lowest BCUT2D eigenvalue weighted by Gasteiger charge is -2.25. The minimum Gasteiger partial charge on any atom is -0.489 e. The highest BCUT2D eigenvalue weighted by molar-refractivity contribution is 5.34. The molecule has 21 heavy (non-hydrogen) atoms. The molecule has 1 heterocycles. The van der Waals surface area contributed by atoms with E-state index in [9.17, 15) is 0 Å². The van der Waals surface area contributed by atoms with Crippen LogP contribution >= 0.6 is 0 Å². The molecular formula is C19H23NO. The zero-order chi connectivity index (χ0) is 14.7. The fraction of sp³-hybridized carbons (Fsp3) is 0.368. The summed E-state index contributed by atoms with van der Waals surface area (Å²) in [4.78, 5) is 2.51. The third kappa shape index (κ3) is 3.45. The van der Waals surface area contributed by atoms with Gasteiger partial charge in [0.1, 0.15) is 11.9 Å². The van der Waals surface area contributed by atoms with Crippen molar-refractivity contribution in [3.8, 4) is 5.75 Å². The SMILES string of the molecule is C[C@@H]1CN(C[C@@H](C)c2ccccc2)Cc2ccccc2O1. The summed E-state index contributed by atoms with van der Waals surface area (Å²) < 4.78 is 6.03. The van der Waals surface area contributed by atoms with Crippen LogP contribution in [0.2, 0.25) is 0 Å². The number of hydrogen-bond acceptors (Lipinski definition) is 2. The van der Waals surface area contributed by atoms with Crippen molar-refractivity contribution in [1.82, 2.24) is 4.90 Å². The van der Waals surface area contributed by atoms with Gasteiger partial charge in [-0.3, -0.25) is 4.90 Å². The number of nitrogens with zero attached hydrogens (tertiary/aromatic N) is 1. The Morgan fingerprint density at radius 2 is 1.81 bits per heavy atom. The summed E-state index contributed by atoms with van der Waals surface area (Å²) in [6.45, 7) is 7.47. The fourth-order valence-corrected chi connectivity index (χ4v) is 3.09. The molecule has 0 aliphatic carbocycles. The second-order valence-electron chi connectivity index (χ2n) is 6.04. The minimum atomic E-state index is 0.233. The largest absolute Gasteiger partial charge is 0.489 e. The van der Waals surface area contributed by atoms with E-state index < -0.39 is 0 Å². The van der Waals surface area contributed by atoms with E-state index >= 15 is 0 Å². The molecule has 0 saturated heterocycles. The van der Waals surface area contributed by atoms with Gasteiger partial charge in [-0.2, -0.15) is 0 Å². The zero-order valence-electron chi connectivity index (χ0n) is 12.8. The van der Waals surface area contributed by atoms with Crippen LogP contribution in [0, 0.1) is 0 Å². The van der Waals surface area contributed by atoms with Gasteiger partial charge < -0.3 is 4.74 Å². The summed E-state index contributed by atoms with van der Waals surface area (Å²) in [5.74, 6) is 1.57. The number of rotatable bonds is 3. The molecule has 0 fully saturated rings. The van der Waals surface area contributed by atoms with Crippen molar-refractivity contribution in [2.45, 2.75) is 32.4 Å². The monoisotopic (exact) mass is 281 g/mol. The van der Waals surface area contributed by atoms with Gasteiger partial charge in [-0.1, -0.05) is 55.5 Å². The Kier molecular flexibility index (Phi) is 4.26. The molecule has 2 nitrogen and oxygen atoms in total. The van der Waals surface area contributed by atoms with E-state index in [2.05, 4.69) is 67.3 Å². The summed E-state index contributed by atoms with van der Waals surface area (Å²) in [7, 11) is 0. The third-order valence-corrected chi connectivity index (χ3v) is 4.11. The van der Waals surface area contributed by atoms with Gasteiger partial charge in [-0.25, -0.2) is 0 Å². The van der Waals surface area contributed by atoms with E-state index in [0.717, 1.165) is 25.4 Å². The van der Waals surface area contributed by atoms with E-state index in [-0.39, 0.29) is 6.10 Å². The molecule has 1 aliphatic heterocycles. The highest BCUT2D eigenvalue weighted by atomic mass is 16.5. The van der Waals surface area contributed by atoms with Gasteiger partial charge in [-0.15, -0.1) is 0 Å². The van der Waals surface area contributed by atoms with Crippen molar-refractivity contribution in [2.75, 3.05) is 13.1 Å². The molecule has 0 saturated carbocycles. The second kappa shape index (κ2) is 6.31. The van der Waals surface area contributed by atoms with E-state index in [0.29, 0.717) is 5.92 Å². The van der Waals surface area contributed by atoms with Crippen molar-refractivity contribution in [1.29, 1.82) is 0 Å². The van der Waals surface area contributed by atoms with Crippen LogP contribution in [0.15, 0.2) is 54.6 Å². The molecule has 0 unspecified atom stereocenters. The highest BCUT2D eigenvalue weighted by Crippen LogP contribution is 2.26. The van der Waals surface area contributed by atoms with Crippen LogP contribution < -0.4 is 4.74 Å². The summed E-state index contributed by atoms with van der Waals surface area (Å²) in [5.41, 5.74) is 2.70. The van der Waals surface area contributed by atoms with Crippen molar-refractivity contribution < 1.29 is 4.74 Å². The van der Waals surface area contributed by atoms with Crippen LogP contribution in [0.25, 0.3) is 0 Å². The molecule has 2 aromatic rings. The molecule has 2 heteroatoms. The molecule has 2 atom stereocenters. The first-order chi connectivity index (χ1) is 10.2. The number of ether oxygens (including phenoxy) is 1. The molecule has 0 spiro atoms. The van der Waals surface area contributed by atoms with Gasteiger partial charge in [0.2, 0.25) is 0 Å². The Morgan fingerprint density at radius 3 is 2.62 bits per heavy atom. The Hall–Kier alpha value is -1.80. The first kappa shape index (κ1) is 14.2. The van der Waals surface area contributed by atoms with Crippen molar-refractivity contribution in [3.63, 3.8) is 0 Å². The number of fused-ring (bicyclic) bond motifs is 1. The average Bonchev–Trinajstić information content (AvgIpc) is 2.65. The van der Waals surface area contributed by atoms with Crippen LogP contribution in [0.1, 0.15) is 30.9 Å². The van der Waals surface area contributed by atoms with E-state index in [4.69, 9.17) is 4.74 Å². The summed E-state index contributed by atoms with van der Waals surface area (Å²) in [6, 6.07) is 19.2. The summed E-state index contributed by atoms with van der Waals surface area (Å²) in [5, 5.41) is 0. The van der Waals surface area contributed by atoms with Gasteiger partial charge in [0, 0.05) is 25.2 Å². The molecule has 3 rings (SSSR count). The number of benzene rings is 2. The maximum absolute atomic E-state index is 6.03. The molecule has 110 valence electrons. The molecule has 2 aromatic carbocycles. The Labute approximate surface area is 127 Å². The highest BCUT2D eigenvalue weighted by Gasteiger charge is 2.21. The maximum atomic E-state index is 6.03. The Balaban J connectivity index is 1.74. The molecule has 0 radical (unpaired) electrons. The minimum absolute atomic E-state index is 0.233. The molecule has 0 amide bonds. The molecule has 0 N–H and O–H groups in total. The number of para-hydroxylation sites is 1. The van der Waals surface area contributed by atoms with Crippen LogP contribution in [0.5, 0.6) is 5.75 Å². The van der Waals surface area contributed by atoms with Gasteiger partial charge in [0.15, 0.2) is 0 Å².